The van der Waals surface area contributed by atoms with Gasteiger partial charge in [-0.15, -0.1) is 0 Å². The Kier molecular flexibility index (Phi) is 4.13. The molecule has 2 N–H and O–H groups in total. The zero-order valence-corrected chi connectivity index (χ0v) is 11.8. The molecule has 1 heterocycles. The lowest BCUT2D eigenvalue weighted by Gasteiger charge is -2.29. The van der Waals surface area contributed by atoms with Gasteiger partial charge in [0.15, 0.2) is 0 Å². The fourth-order valence-electron chi connectivity index (χ4n) is 3.19. The van der Waals surface area contributed by atoms with Crippen LogP contribution in [0.4, 0.5) is 0 Å². The predicted octanol–water partition coefficient (Wildman–Crippen LogP) is 1.09. The van der Waals surface area contributed by atoms with E-state index in [2.05, 4.69) is 5.32 Å². The second-order valence-corrected chi connectivity index (χ2v) is 5.99. The highest BCUT2D eigenvalue weighted by molar-refractivity contribution is 5.86. The Morgan fingerprint density at radius 3 is 2.58 bits per heavy atom. The fourth-order valence-corrected chi connectivity index (χ4v) is 3.19. The van der Waals surface area contributed by atoms with Crippen LogP contribution in [0.2, 0.25) is 0 Å². The van der Waals surface area contributed by atoms with Gasteiger partial charge >= 0.3 is 5.97 Å². The van der Waals surface area contributed by atoms with Crippen molar-refractivity contribution in [2.45, 2.75) is 45.6 Å². The lowest BCUT2D eigenvalue weighted by molar-refractivity contribution is -0.147. The number of carboxylic acids is 1. The molecule has 0 bridgehead atoms. The molecule has 0 radical (unpaired) electrons. The normalized spacial score (nSPS) is 25.9. The number of rotatable bonds is 5. The SMILES string of the molecule is CCC(C)N(CC(=O)O)C(=O)C1CC12CCNCC2. The maximum atomic E-state index is 12.6. The van der Waals surface area contributed by atoms with Crippen LogP contribution >= 0.6 is 0 Å². The average Bonchev–Trinajstić information content (AvgIpc) is 3.08. The Morgan fingerprint density at radius 1 is 1.42 bits per heavy atom. The second kappa shape index (κ2) is 5.49. The van der Waals surface area contributed by atoms with Crippen molar-refractivity contribution >= 4 is 11.9 Å². The zero-order chi connectivity index (χ0) is 14.0. The van der Waals surface area contributed by atoms with Crippen LogP contribution in [-0.2, 0) is 9.59 Å². The highest BCUT2D eigenvalue weighted by atomic mass is 16.4. The van der Waals surface area contributed by atoms with E-state index in [0.717, 1.165) is 38.8 Å². The van der Waals surface area contributed by atoms with Gasteiger partial charge in [-0.2, -0.15) is 0 Å². The quantitative estimate of drug-likeness (QED) is 0.783. The summed E-state index contributed by atoms with van der Waals surface area (Å²) < 4.78 is 0. The largest absolute Gasteiger partial charge is 0.480 e. The van der Waals surface area contributed by atoms with E-state index in [1.54, 1.807) is 4.90 Å². The summed E-state index contributed by atoms with van der Waals surface area (Å²) in [6, 6.07) is 0.00275. The van der Waals surface area contributed by atoms with E-state index in [4.69, 9.17) is 5.11 Å². The molecule has 19 heavy (non-hydrogen) atoms. The van der Waals surface area contributed by atoms with Gasteiger partial charge in [-0.05, 0) is 51.1 Å². The summed E-state index contributed by atoms with van der Waals surface area (Å²) in [5.74, 6) is -0.810. The Hall–Kier alpha value is -1.10. The molecule has 2 atom stereocenters. The lowest BCUT2D eigenvalue weighted by Crippen LogP contribution is -2.44. The predicted molar refractivity (Wildman–Crippen MR) is 71.7 cm³/mol. The molecule has 2 fully saturated rings. The first-order chi connectivity index (χ1) is 9.00. The molecule has 1 aliphatic carbocycles. The molecule has 1 amide bonds. The van der Waals surface area contributed by atoms with Crippen molar-refractivity contribution in [1.29, 1.82) is 0 Å². The van der Waals surface area contributed by atoms with Crippen molar-refractivity contribution in [3.05, 3.63) is 0 Å². The molecular formula is C14H24N2O3. The van der Waals surface area contributed by atoms with Gasteiger partial charge in [-0.25, -0.2) is 0 Å². The average molecular weight is 268 g/mol. The minimum absolute atomic E-state index is 0.00275. The van der Waals surface area contributed by atoms with Crippen molar-refractivity contribution in [2.24, 2.45) is 11.3 Å². The summed E-state index contributed by atoms with van der Waals surface area (Å²) in [4.78, 5) is 25.1. The van der Waals surface area contributed by atoms with Crippen LogP contribution in [-0.4, -0.2) is 47.6 Å². The number of hydrogen-bond donors (Lipinski definition) is 2. The number of carbonyl (C=O) groups is 2. The van der Waals surface area contributed by atoms with E-state index >= 15 is 0 Å². The molecule has 0 aromatic rings. The topological polar surface area (TPSA) is 69.6 Å². The van der Waals surface area contributed by atoms with Gasteiger partial charge in [-0.1, -0.05) is 6.92 Å². The van der Waals surface area contributed by atoms with Crippen LogP contribution < -0.4 is 5.32 Å². The first-order valence-electron chi connectivity index (χ1n) is 7.23. The highest BCUT2D eigenvalue weighted by Crippen LogP contribution is 2.59. The molecule has 108 valence electrons. The van der Waals surface area contributed by atoms with Crippen LogP contribution in [0.3, 0.4) is 0 Å². The van der Waals surface area contributed by atoms with Gasteiger partial charge in [-0.3, -0.25) is 9.59 Å². The van der Waals surface area contributed by atoms with E-state index in [1.807, 2.05) is 13.8 Å². The maximum absolute atomic E-state index is 12.6. The van der Waals surface area contributed by atoms with Crippen molar-refractivity contribution in [1.82, 2.24) is 10.2 Å². The number of piperidine rings is 1. The second-order valence-electron chi connectivity index (χ2n) is 5.99. The summed E-state index contributed by atoms with van der Waals surface area (Å²) in [6.45, 7) is 5.70. The summed E-state index contributed by atoms with van der Waals surface area (Å²) in [6.07, 6.45) is 3.83. The van der Waals surface area contributed by atoms with Gasteiger partial charge in [0.2, 0.25) is 5.91 Å². The van der Waals surface area contributed by atoms with Crippen LogP contribution in [0.1, 0.15) is 39.5 Å². The smallest absolute Gasteiger partial charge is 0.323 e. The van der Waals surface area contributed by atoms with E-state index < -0.39 is 5.97 Å². The van der Waals surface area contributed by atoms with Crippen LogP contribution in [0.5, 0.6) is 0 Å². The molecule has 0 aromatic heterocycles. The lowest BCUT2D eigenvalue weighted by atomic mass is 9.91. The first kappa shape index (κ1) is 14.3. The van der Waals surface area contributed by atoms with Crippen molar-refractivity contribution in [3.8, 4) is 0 Å². The van der Waals surface area contributed by atoms with Crippen molar-refractivity contribution in [3.63, 3.8) is 0 Å². The Balaban J connectivity index is 2.02. The Labute approximate surface area is 114 Å². The zero-order valence-electron chi connectivity index (χ0n) is 11.8. The van der Waals surface area contributed by atoms with E-state index in [0.29, 0.717) is 0 Å². The number of nitrogens with one attached hydrogen (secondary N) is 1. The summed E-state index contributed by atoms with van der Waals surface area (Å²) >= 11 is 0. The van der Waals surface area contributed by atoms with E-state index in [1.165, 1.54) is 0 Å². The molecule has 2 rings (SSSR count). The standard InChI is InChI=1S/C14H24N2O3/c1-3-10(2)16(9-12(17)18)13(19)11-8-14(11)4-6-15-7-5-14/h10-11,15H,3-9H2,1-2H3,(H,17,18). The number of amides is 1. The number of hydrogen-bond acceptors (Lipinski definition) is 3. The monoisotopic (exact) mass is 268 g/mol. The summed E-state index contributed by atoms with van der Waals surface area (Å²) in [5, 5.41) is 12.3. The number of carbonyl (C=O) groups excluding carboxylic acids is 1. The van der Waals surface area contributed by atoms with Crippen molar-refractivity contribution < 1.29 is 14.7 Å². The molecule has 5 heteroatoms. The summed E-state index contributed by atoms with van der Waals surface area (Å²) in [5.41, 5.74) is 0.173. The minimum Gasteiger partial charge on any atom is -0.480 e. The maximum Gasteiger partial charge on any atom is 0.323 e. The molecule has 1 aliphatic heterocycles. The number of carboxylic acid groups (broad SMARTS) is 1. The van der Waals surface area contributed by atoms with Gasteiger partial charge in [0.25, 0.3) is 0 Å². The van der Waals surface area contributed by atoms with Crippen LogP contribution in [0.15, 0.2) is 0 Å². The molecule has 1 saturated heterocycles. The molecule has 5 nitrogen and oxygen atoms in total. The molecule has 2 unspecified atom stereocenters. The minimum atomic E-state index is -0.923. The van der Waals surface area contributed by atoms with E-state index in [9.17, 15) is 9.59 Å². The van der Waals surface area contributed by atoms with Crippen LogP contribution in [0, 0.1) is 11.3 Å². The third kappa shape index (κ3) is 2.91. The summed E-state index contributed by atoms with van der Waals surface area (Å²) in [7, 11) is 0. The van der Waals surface area contributed by atoms with Gasteiger partial charge in [0, 0.05) is 12.0 Å². The van der Waals surface area contributed by atoms with Gasteiger partial charge in [0.05, 0.1) is 0 Å². The molecule has 1 spiro atoms. The van der Waals surface area contributed by atoms with Gasteiger partial charge < -0.3 is 15.3 Å². The fraction of sp³-hybridized carbons (Fsp3) is 0.857. The molecule has 0 aromatic carbocycles. The first-order valence-corrected chi connectivity index (χ1v) is 7.23. The third-order valence-corrected chi connectivity index (χ3v) is 4.80. The van der Waals surface area contributed by atoms with E-state index in [-0.39, 0.29) is 29.8 Å². The van der Waals surface area contributed by atoms with Gasteiger partial charge in [0.1, 0.15) is 6.54 Å². The van der Waals surface area contributed by atoms with Crippen LogP contribution in [0.25, 0.3) is 0 Å². The number of aliphatic carboxylic acids is 1. The highest BCUT2D eigenvalue weighted by Gasteiger charge is 2.58. The molecule has 2 aliphatic rings. The number of nitrogens with zero attached hydrogens (tertiary/aromatic N) is 1. The Morgan fingerprint density at radius 2 is 2.05 bits per heavy atom. The Bertz CT molecular complexity index is 364. The molecular weight excluding hydrogens is 244 g/mol. The third-order valence-electron chi connectivity index (χ3n) is 4.80. The van der Waals surface area contributed by atoms with Crippen molar-refractivity contribution in [2.75, 3.05) is 19.6 Å². The molecule has 1 saturated carbocycles.